The Labute approximate surface area is 141 Å². The van der Waals surface area contributed by atoms with Crippen molar-refractivity contribution in [1.29, 1.82) is 5.26 Å². The molecule has 4 rings (SSSR count). The molecule has 4 aromatic rings. The van der Waals surface area contributed by atoms with Gasteiger partial charge < -0.3 is 0 Å². The number of fused-ring (bicyclic) bond motifs is 3. The van der Waals surface area contributed by atoms with Crippen LogP contribution < -0.4 is 0 Å². The number of hydrogen-bond acceptors (Lipinski definition) is 3. The third kappa shape index (κ3) is 2.14. The molecule has 0 aliphatic rings. The highest BCUT2D eigenvalue weighted by Gasteiger charge is 2.16. The molecule has 0 atom stereocenters. The summed E-state index contributed by atoms with van der Waals surface area (Å²) in [5, 5.41) is 11.4. The van der Waals surface area contributed by atoms with Crippen LogP contribution in [0.4, 0.5) is 0 Å². The van der Waals surface area contributed by atoms with E-state index < -0.39 is 0 Å². The van der Waals surface area contributed by atoms with Gasteiger partial charge >= 0.3 is 0 Å². The summed E-state index contributed by atoms with van der Waals surface area (Å²) in [6.45, 7) is 0. The molecule has 0 saturated heterocycles. The summed E-state index contributed by atoms with van der Waals surface area (Å²) in [6.07, 6.45) is 1.65. The number of pyridine rings is 1. The van der Waals surface area contributed by atoms with Gasteiger partial charge in [-0.1, -0.05) is 35.3 Å². The van der Waals surface area contributed by atoms with Crippen molar-refractivity contribution in [3.8, 4) is 11.8 Å². The quantitative estimate of drug-likeness (QED) is 0.503. The molecule has 0 spiro atoms. The lowest BCUT2D eigenvalue weighted by Gasteiger charge is -2.09. The van der Waals surface area contributed by atoms with Gasteiger partial charge in [0.05, 0.1) is 21.7 Å². The first-order chi connectivity index (χ1) is 11.2. The summed E-state index contributed by atoms with van der Waals surface area (Å²) >= 11 is 12.5. The van der Waals surface area contributed by atoms with E-state index in [2.05, 4.69) is 16.0 Å². The molecule has 0 bridgehead atoms. The third-order valence-electron chi connectivity index (χ3n) is 3.66. The van der Waals surface area contributed by atoms with Crippen LogP contribution in [0.2, 0.25) is 10.0 Å². The molecule has 23 heavy (non-hydrogen) atoms. The van der Waals surface area contributed by atoms with Crippen LogP contribution in [0.1, 0.15) is 5.69 Å². The Balaban J connectivity index is 2.21. The van der Waals surface area contributed by atoms with E-state index >= 15 is 0 Å². The van der Waals surface area contributed by atoms with Crippen molar-refractivity contribution in [2.24, 2.45) is 0 Å². The first-order valence-corrected chi connectivity index (χ1v) is 7.56. The zero-order valence-corrected chi connectivity index (χ0v) is 13.2. The van der Waals surface area contributed by atoms with Gasteiger partial charge in [0.15, 0.2) is 5.69 Å². The molecule has 0 aliphatic carbocycles. The Morgan fingerprint density at radius 1 is 1.09 bits per heavy atom. The number of para-hydroxylation sites is 1. The summed E-state index contributed by atoms with van der Waals surface area (Å²) in [5.74, 6) is 0. The molecule has 0 aliphatic heterocycles. The molecule has 0 saturated carbocycles. The maximum absolute atomic E-state index is 9.37. The molecule has 0 radical (unpaired) electrons. The number of nitriles is 1. The molecule has 2 heterocycles. The van der Waals surface area contributed by atoms with E-state index in [1.807, 2.05) is 34.9 Å². The third-order valence-corrected chi connectivity index (χ3v) is 4.21. The van der Waals surface area contributed by atoms with Crippen molar-refractivity contribution in [1.82, 2.24) is 14.5 Å². The van der Waals surface area contributed by atoms with Crippen LogP contribution in [0.15, 0.2) is 48.8 Å². The second-order valence-corrected chi connectivity index (χ2v) is 5.84. The first kappa shape index (κ1) is 14.0. The summed E-state index contributed by atoms with van der Waals surface area (Å²) in [6, 6.07) is 14.9. The van der Waals surface area contributed by atoms with Crippen molar-refractivity contribution in [3.05, 3.63) is 64.5 Å². The average molecular weight is 339 g/mol. The number of rotatable bonds is 1. The van der Waals surface area contributed by atoms with Crippen molar-refractivity contribution >= 4 is 45.1 Å². The Morgan fingerprint density at radius 3 is 2.70 bits per heavy atom. The van der Waals surface area contributed by atoms with E-state index in [-0.39, 0.29) is 5.69 Å². The number of halogens is 2. The summed E-state index contributed by atoms with van der Waals surface area (Å²) in [5.41, 5.74) is 3.05. The maximum Gasteiger partial charge on any atom is 0.169 e. The highest BCUT2D eigenvalue weighted by Crippen LogP contribution is 2.31. The highest BCUT2D eigenvalue weighted by molar-refractivity contribution is 6.33. The fourth-order valence-electron chi connectivity index (χ4n) is 2.66. The van der Waals surface area contributed by atoms with Gasteiger partial charge in [-0.3, -0.25) is 4.57 Å². The SMILES string of the molecule is N#Cc1nc2ccc(Cl)cc2c2c1ncn2-c1ccccc1Cl. The smallest absolute Gasteiger partial charge is 0.169 e. The minimum Gasteiger partial charge on any atom is -0.297 e. The Bertz CT molecular complexity index is 1110. The first-order valence-electron chi connectivity index (χ1n) is 6.80. The van der Waals surface area contributed by atoms with Gasteiger partial charge in [-0.25, -0.2) is 9.97 Å². The molecule has 6 heteroatoms. The van der Waals surface area contributed by atoms with Gasteiger partial charge in [-0.05, 0) is 30.3 Å². The van der Waals surface area contributed by atoms with E-state index in [1.54, 1.807) is 18.5 Å². The van der Waals surface area contributed by atoms with E-state index in [9.17, 15) is 5.26 Å². The molecule has 2 aromatic heterocycles. The Kier molecular flexibility index (Phi) is 3.19. The van der Waals surface area contributed by atoms with Crippen LogP contribution in [0.25, 0.3) is 27.6 Å². The van der Waals surface area contributed by atoms with Crippen molar-refractivity contribution < 1.29 is 0 Å². The molecule has 0 amide bonds. The molecular weight excluding hydrogens is 331 g/mol. The lowest BCUT2D eigenvalue weighted by Crippen LogP contribution is -1.95. The summed E-state index contributed by atoms with van der Waals surface area (Å²) in [7, 11) is 0. The molecule has 4 nitrogen and oxygen atoms in total. The topological polar surface area (TPSA) is 54.5 Å². The fraction of sp³-hybridized carbons (Fsp3) is 0. The number of benzene rings is 2. The Morgan fingerprint density at radius 2 is 1.91 bits per heavy atom. The molecule has 0 N–H and O–H groups in total. The van der Waals surface area contributed by atoms with Crippen LogP contribution in [-0.4, -0.2) is 14.5 Å². The second-order valence-electron chi connectivity index (χ2n) is 5.00. The largest absolute Gasteiger partial charge is 0.297 e. The van der Waals surface area contributed by atoms with Crippen molar-refractivity contribution in [2.45, 2.75) is 0 Å². The van der Waals surface area contributed by atoms with Crippen molar-refractivity contribution in [2.75, 3.05) is 0 Å². The number of imidazole rings is 1. The monoisotopic (exact) mass is 338 g/mol. The molecule has 0 unspecified atom stereocenters. The lowest BCUT2D eigenvalue weighted by molar-refractivity contribution is 1.10. The van der Waals surface area contributed by atoms with Gasteiger partial charge in [0.1, 0.15) is 17.9 Å². The van der Waals surface area contributed by atoms with Crippen LogP contribution in [0, 0.1) is 11.3 Å². The minimum absolute atomic E-state index is 0.278. The van der Waals surface area contributed by atoms with Crippen LogP contribution in [-0.2, 0) is 0 Å². The van der Waals surface area contributed by atoms with Crippen LogP contribution in [0.3, 0.4) is 0 Å². The molecular formula is C17H8Cl2N4. The summed E-state index contributed by atoms with van der Waals surface area (Å²) in [4.78, 5) is 8.73. The predicted molar refractivity (Wildman–Crippen MR) is 91.1 cm³/mol. The standard InChI is InChI=1S/C17H8Cl2N4/c18-10-5-6-13-11(7-10)17-16(14(8-20)22-13)21-9-23(17)15-4-2-1-3-12(15)19/h1-7,9H. The summed E-state index contributed by atoms with van der Waals surface area (Å²) < 4.78 is 1.86. The van der Waals surface area contributed by atoms with Gasteiger partial charge in [0.25, 0.3) is 0 Å². The second kappa shape index (κ2) is 5.24. The van der Waals surface area contributed by atoms with Crippen LogP contribution in [0.5, 0.6) is 0 Å². The van der Waals surface area contributed by atoms with Gasteiger partial charge in [0.2, 0.25) is 0 Å². The lowest BCUT2D eigenvalue weighted by atomic mass is 10.1. The zero-order valence-electron chi connectivity index (χ0n) is 11.7. The fourth-order valence-corrected chi connectivity index (χ4v) is 3.05. The van der Waals surface area contributed by atoms with Crippen LogP contribution >= 0.6 is 23.2 Å². The van der Waals surface area contributed by atoms with E-state index in [0.717, 1.165) is 16.6 Å². The maximum atomic E-state index is 9.37. The molecule has 0 fully saturated rings. The van der Waals surface area contributed by atoms with E-state index in [4.69, 9.17) is 23.2 Å². The number of hydrogen-bond donors (Lipinski definition) is 0. The van der Waals surface area contributed by atoms with E-state index in [1.165, 1.54) is 0 Å². The predicted octanol–water partition coefficient (Wildman–Crippen LogP) is 4.75. The van der Waals surface area contributed by atoms with E-state index in [0.29, 0.717) is 21.1 Å². The number of aromatic nitrogens is 3. The Hall–Kier alpha value is -2.61. The molecule has 110 valence electrons. The number of nitrogens with zero attached hydrogens (tertiary/aromatic N) is 4. The van der Waals surface area contributed by atoms with Gasteiger partial charge in [-0.2, -0.15) is 5.26 Å². The minimum atomic E-state index is 0.278. The average Bonchev–Trinajstić information content (AvgIpc) is 3.00. The van der Waals surface area contributed by atoms with Gasteiger partial charge in [0, 0.05) is 10.4 Å². The van der Waals surface area contributed by atoms with Crippen molar-refractivity contribution in [3.63, 3.8) is 0 Å². The zero-order chi connectivity index (χ0) is 16.0. The highest BCUT2D eigenvalue weighted by atomic mass is 35.5. The van der Waals surface area contributed by atoms with Gasteiger partial charge in [-0.15, -0.1) is 0 Å². The normalized spacial score (nSPS) is 11.0. The molecule has 2 aromatic carbocycles.